The Bertz CT molecular complexity index is 1610. The van der Waals surface area contributed by atoms with E-state index in [1.807, 2.05) is 47.4 Å². The van der Waals surface area contributed by atoms with E-state index in [2.05, 4.69) is 37.5 Å². The molecule has 4 heterocycles. The van der Waals surface area contributed by atoms with E-state index >= 15 is 0 Å². The van der Waals surface area contributed by atoms with E-state index in [9.17, 15) is 4.79 Å². The number of carbonyl (C=O) groups excluding carboxylic acids is 1. The van der Waals surface area contributed by atoms with Crippen LogP contribution in [-0.4, -0.2) is 49.2 Å². The monoisotopic (exact) mass is 495 g/mol. The van der Waals surface area contributed by atoms with Crippen molar-refractivity contribution in [3.05, 3.63) is 71.6 Å². The molecule has 0 atom stereocenters. The molecule has 3 aromatic heterocycles. The van der Waals surface area contributed by atoms with Gasteiger partial charge >= 0.3 is 0 Å². The standard InChI is InChI=1S/C27H25N7O3/c1-3-4-23-31-25(33-37-23)19-7-8-20-15-34(27(35)22(20)14-19)12-11-29-26-21-13-18(24-30-16(2)36-32-24)6-5-17(21)9-10-28-26/h5-10,13-14H,3-4,11-12,15H2,1-2H3,(H,28,29). The summed E-state index contributed by atoms with van der Waals surface area (Å²) in [5, 5.41) is 13.5. The maximum atomic E-state index is 13.1. The molecule has 10 nitrogen and oxygen atoms in total. The van der Waals surface area contributed by atoms with Crippen molar-refractivity contribution in [2.75, 3.05) is 18.4 Å². The number of aryl methyl sites for hydroxylation is 2. The van der Waals surface area contributed by atoms with Crippen LogP contribution in [0.2, 0.25) is 0 Å². The summed E-state index contributed by atoms with van der Waals surface area (Å²) in [7, 11) is 0. The number of carbonyl (C=O) groups is 1. The molecular formula is C27H25N7O3. The number of pyridine rings is 1. The second kappa shape index (κ2) is 9.45. The minimum Gasteiger partial charge on any atom is -0.368 e. The predicted molar refractivity (Wildman–Crippen MR) is 137 cm³/mol. The van der Waals surface area contributed by atoms with E-state index in [1.165, 1.54) is 0 Å². The van der Waals surface area contributed by atoms with Gasteiger partial charge in [-0.3, -0.25) is 4.79 Å². The van der Waals surface area contributed by atoms with E-state index in [0.717, 1.165) is 46.1 Å². The van der Waals surface area contributed by atoms with Crippen molar-refractivity contribution in [3.63, 3.8) is 0 Å². The Labute approximate surface area is 212 Å². The number of nitrogens with zero attached hydrogens (tertiary/aromatic N) is 6. The second-order valence-electron chi connectivity index (χ2n) is 9.02. The normalized spacial score (nSPS) is 12.9. The van der Waals surface area contributed by atoms with Gasteiger partial charge in [0.05, 0.1) is 0 Å². The third-order valence-electron chi connectivity index (χ3n) is 6.40. The van der Waals surface area contributed by atoms with Crippen LogP contribution in [-0.2, 0) is 13.0 Å². The highest BCUT2D eigenvalue weighted by molar-refractivity contribution is 5.99. The first-order chi connectivity index (χ1) is 18.1. The van der Waals surface area contributed by atoms with Gasteiger partial charge in [-0.05, 0) is 35.6 Å². The second-order valence-corrected chi connectivity index (χ2v) is 9.02. The lowest BCUT2D eigenvalue weighted by Crippen LogP contribution is -2.29. The summed E-state index contributed by atoms with van der Waals surface area (Å²) < 4.78 is 10.4. The maximum Gasteiger partial charge on any atom is 0.254 e. The molecule has 0 unspecified atom stereocenters. The molecule has 0 saturated heterocycles. The molecule has 6 rings (SSSR count). The van der Waals surface area contributed by atoms with E-state index in [4.69, 9.17) is 9.05 Å². The lowest BCUT2D eigenvalue weighted by Gasteiger charge is -2.17. The zero-order valence-corrected chi connectivity index (χ0v) is 20.6. The lowest BCUT2D eigenvalue weighted by atomic mass is 10.1. The highest BCUT2D eigenvalue weighted by Gasteiger charge is 2.28. The van der Waals surface area contributed by atoms with Gasteiger partial charge < -0.3 is 19.3 Å². The summed E-state index contributed by atoms with van der Waals surface area (Å²) >= 11 is 0. The summed E-state index contributed by atoms with van der Waals surface area (Å²) in [5.74, 6) is 2.91. The fourth-order valence-electron chi connectivity index (χ4n) is 4.54. The van der Waals surface area contributed by atoms with Crippen LogP contribution in [0.1, 0.15) is 41.0 Å². The van der Waals surface area contributed by atoms with Crippen molar-refractivity contribution >= 4 is 22.5 Å². The minimum absolute atomic E-state index is 0.00318. The van der Waals surface area contributed by atoms with Crippen LogP contribution >= 0.6 is 0 Å². The largest absolute Gasteiger partial charge is 0.368 e. The van der Waals surface area contributed by atoms with Gasteiger partial charge in [0.1, 0.15) is 5.82 Å². The summed E-state index contributed by atoms with van der Waals surface area (Å²) in [6.07, 6.45) is 3.44. The summed E-state index contributed by atoms with van der Waals surface area (Å²) in [5.41, 5.74) is 3.31. The third-order valence-corrected chi connectivity index (χ3v) is 6.40. The Morgan fingerprint density at radius 2 is 1.81 bits per heavy atom. The van der Waals surface area contributed by atoms with Crippen LogP contribution < -0.4 is 5.32 Å². The van der Waals surface area contributed by atoms with Crippen molar-refractivity contribution in [1.82, 2.24) is 30.2 Å². The number of nitrogens with one attached hydrogen (secondary N) is 1. The number of hydrogen-bond donors (Lipinski definition) is 1. The van der Waals surface area contributed by atoms with Crippen LogP contribution in [0.25, 0.3) is 33.5 Å². The van der Waals surface area contributed by atoms with E-state index in [0.29, 0.717) is 48.6 Å². The molecule has 1 amide bonds. The van der Waals surface area contributed by atoms with Crippen molar-refractivity contribution in [3.8, 4) is 22.8 Å². The zero-order chi connectivity index (χ0) is 25.4. The number of benzene rings is 2. The number of anilines is 1. The van der Waals surface area contributed by atoms with Gasteiger partial charge in [-0.1, -0.05) is 41.5 Å². The van der Waals surface area contributed by atoms with Crippen LogP contribution in [0.5, 0.6) is 0 Å². The molecule has 0 fully saturated rings. The topological polar surface area (TPSA) is 123 Å². The first-order valence-electron chi connectivity index (χ1n) is 12.3. The van der Waals surface area contributed by atoms with Crippen molar-refractivity contribution in [1.29, 1.82) is 0 Å². The molecule has 1 aliphatic rings. The Kier molecular flexibility index (Phi) is 5.84. The highest BCUT2D eigenvalue weighted by atomic mass is 16.5. The zero-order valence-electron chi connectivity index (χ0n) is 20.6. The molecule has 1 N–H and O–H groups in total. The molecule has 186 valence electrons. The number of amides is 1. The summed E-state index contributed by atoms with van der Waals surface area (Å²) in [4.78, 5) is 28.3. The SMILES string of the molecule is CCCc1nc(-c2ccc3c(c2)C(=O)N(CCNc2nccc4ccc(-c5noc(C)n5)cc24)C3)no1. The van der Waals surface area contributed by atoms with Crippen LogP contribution in [0.4, 0.5) is 5.82 Å². The molecule has 0 radical (unpaired) electrons. The Morgan fingerprint density at radius 3 is 2.65 bits per heavy atom. The molecule has 1 aliphatic heterocycles. The summed E-state index contributed by atoms with van der Waals surface area (Å²) in [6.45, 7) is 5.47. The molecule has 10 heteroatoms. The maximum absolute atomic E-state index is 13.1. The number of rotatable bonds is 8. The van der Waals surface area contributed by atoms with Crippen LogP contribution in [0, 0.1) is 6.92 Å². The minimum atomic E-state index is -0.00318. The number of hydrogen-bond acceptors (Lipinski definition) is 9. The van der Waals surface area contributed by atoms with Gasteiger partial charge in [-0.15, -0.1) is 0 Å². The Morgan fingerprint density at radius 1 is 1.00 bits per heavy atom. The van der Waals surface area contributed by atoms with Gasteiger partial charge in [0, 0.05) is 61.3 Å². The predicted octanol–water partition coefficient (Wildman–Crippen LogP) is 4.66. The molecule has 5 aromatic rings. The van der Waals surface area contributed by atoms with E-state index in [-0.39, 0.29) is 5.91 Å². The average Bonchev–Trinajstić information content (AvgIpc) is 3.64. The third kappa shape index (κ3) is 4.42. The van der Waals surface area contributed by atoms with E-state index < -0.39 is 0 Å². The lowest BCUT2D eigenvalue weighted by molar-refractivity contribution is 0.0784. The first-order valence-corrected chi connectivity index (χ1v) is 12.3. The Balaban J connectivity index is 1.15. The van der Waals surface area contributed by atoms with Gasteiger partial charge in [-0.25, -0.2) is 4.98 Å². The quantitative estimate of drug-likeness (QED) is 0.327. The fourth-order valence-corrected chi connectivity index (χ4v) is 4.54. The molecule has 37 heavy (non-hydrogen) atoms. The number of aromatic nitrogens is 5. The van der Waals surface area contributed by atoms with Gasteiger partial charge in [0.15, 0.2) is 0 Å². The highest BCUT2D eigenvalue weighted by Crippen LogP contribution is 2.29. The molecular weight excluding hydrogens is 470 g/mol. The first kappa shape index (κ1) is 22.8. The van der Waals surface area contributed by atoms with E-state index in [1.54, 1.807) is 13.1 Å². The van der Waals surface area contributed by atoms with Gasteiger partial charge in [0.2, 0.25) is 23.4 Å². The molecule has 2 aromatic carbocycles. The van der Waals surface area contributed by atoms with Crippen molar-refractivity contribution in [2.24, 2.45) is 0 Å². The van der Waals surface area contributed by atoms with Crippen LogP contribution in [0.3, 0.4) is 0 Å². The Hall–Kier alpha value is -4.60. The smallest absolute Gasteiger partial charge is 0.254 e. The fraction of sp³-hybridized carbons (Fsp3) is 0.259. The van der Waals surface area contributed by atoms with Crippen molar-refractivity contribution in [2.45, 2.75) is 33.2 Å². The van der Waals surface area contributed by atoms with Crippen LogP contribution in [0.15, 0.2) is 57.7 Å². The average molecular weight is 496 g/mol. The van der Waals surface area contributed by atoms with Gasteiger partial charge in [-0.2, -0.15) is 9.97 Å². The molecule has 0 spiro atoms. The van der Waals surface area contributed by atoms with Gasteiger partial charge in [0.25, 0.3) is 5.91 Å². The molecule has 0 aliphatic carbocycles. The summed E-state index contributed by atoms with van der Waals surface area (Å²) in [6, 6.07) is 13.7. The molecule has 0 bridgehead atoms. The molecule has 0 saturated carbocycles. The van der Waals surface area contributed by atoms with Crippen molar-refractivity contribution < 1.29 is 13.8 Å². The number of fused-ring (bicyclic) bond motifs is 2.